The van der Waals surface area contributed by atoms with E-state index >= 15 is 0 Å². The Morgan fingerprint density at radius 2 is 2.00 bits per heavy atom. The SMILES string of the molecule is O=C(NCC1CN(Cc2ccccc2)CCO1)c1cccc2c1OCO2. The van der Waals surface area contributed by atoms with Gasteiger partial charge in [0.25, 0.3) is 5.91 Å². The number of carbonyl (C=O) groups excluding carboxylic acids is 1. The molecule has 1 unspecified atom stereocenters. The minimum absolute atomic E-state index is 0.0228. The van der Waals surface area contributed by atoms with Crippen LogP contribution in [0.2, 0.25) is 0 Å². The molecule has 4 rings (SSSR count). The second kappa shape index (κ2) is 7.76. The zero-order valence-electron chi connectivity index (χ0n) is 14.5. The highest BCUT2D eigenvalue weighted by molar-refractivity contribution is 5.97. The third-order valence-electron chi connectivity index (χ3n) is 4.60. The van der Waals surface area contributed by atoms with Gasteiger partial charge >= 0.3 is 0 Å². The number of carbonyl (C=O) groups is 1. The highest BCUT2D eigenvalue weighted by Crippen LogP contribution is 2.35. The van der Waals surface area contributed by atoms with Crippen LogP contribution in [0.25, 0.3) is 0 Å². The predicted molar refractivity (Wildman–Crippen MR) is 96.4 cm³/mol. The van der Waals surface area contributed by atoms with Gasteiger partial charge in [-0.15, -0.1) is 0 Å². The number of hydrogen-bond acceptors (Lipinski definition) is 5. The average Bonchev–Trinajstić information content (AvgIpc) is 3.16. The Bertz CT molecular complexity index is 766. The molecule has 1 amide bonds. The second-order valence-corrected chi connectivity index (χ2v) is 6.46. The Morgan fingerprint density at radius 1 is 1.12 bits per heavy atom. The van der Waals surface area contributed by atoms with E-state index in [4.69, 9.17) is 14.2 Å². The third-order valence-corrected chi connectivity index (χ3v) is 4.60. The van der Waals surface area contributed by atoms with E-state index in [0.29, 0.717) is 30.2 Å². The highest BCUT2D eigenvalue weighted by atomic mass is 16.7. The van der Waals surface area contributed by atoms with Gasteiger partial charge in [0.05, 0.1) is 18.3 Å². The molecule has 0 saturated carbocycles. The summed E-state index contributed by atoms with van der Waals surface area (Å²) < 4.78 is 16.5. The fraction of sp³-hybridized carbons (Fsp3) is 0.350. The topological polar surface area (TPSA) is 60.0 Å². The summed E-state index contributed by atoms with van der Waals surface area (Å²) in [6, 6.07) is 15.7. The molecule has 1 atom stereocenters. The van der Waals surface area contributed by atoms with Crippen molar-refractivity contribution in [3.8, 4) is 11.5 Å². The molecule has 2 heterocycles. The van der Waals surface area contributed by atoms with Crippen LogP contribution in [0, 0.1) is 0 Å². The van der Waals surface area contributed by atoms with Gasteiger partial charge in [0.1, 0.15) is 0 Å². The highest BCUT2D eigenvalue weighted by Gasteiger charge is 2.24. The fourth-order valence-corrected chi connectivity index (χ4v) is 3.30. The molecule has 0 spiro atoms. The summed E-state index contributed by atoms with van der Waals surface area (Å²) in [5.41, 5.74) is 1.78. The van der Waals surface area contributed by atoms with Crippen molar-refractivity contribution in [3.05, 3.63) is 59.7 Å². The average molecular weight is 354 g/mol. The molecule has 0 aromatic heterocycles. The van der Waals surface area contributed by atoms with Crippen LogP contribution in [0.5, 0.6) is 11.5 Å². The fourth-order valence-electron chi connectivity index (χ4n) is 3.30. The van der Waals surface area contributed by atoms with E-state index in [0.717, 1.165) is 19.6 Å². The first-order valence-corrected chi connectivity index (χ1v) is 8.84. The normalized spacial score (nSPS) is 19.3. The number of nitrogens with zero attached hydrogens (tertiary/aromatic N) is 1. The molecule has 2 aromatic carbocycles. The van der Waals surface area contributed by atoms with Gasteiger partial charge in [-0.3, -0.25) is 9.69 Å². The standard InChI is InChI=1S/C20H22N2O4/c23-20(17-7-4-8-18-19(17)26-14-25-18)21-11-16-13-22(9-10-24-16)12-15-5-2-1-3-6-15/h1-8,16H,9-14H2,(H,21,23). The van der Waals surface area contributed by atoms with Gasteiger partial charge in [-0.1, -0.05) is 36.4 Å². The number of hydrogen-bond donors (Lipinski definition) is 1. The molecule has 136 valence electrons. The number of benzene rings is 2. The van der Waals surface area contributed by atoms with E-state index in [-0.39, 0.29) is 18.8 Å². The summed E-state index contributed by atoms with van der Waals surface area (Å²) in [4.78, 5) is 14.9. The van der Waals surface area contributed by atoms with Gasteiger partial charge < -0.3 is 19.5 Å². The number of nitrogens with one attached hydrogen (secondary N) is 1. The van der Waals surface area contributed by atoms with Crippen molar-refractivity contribution >= 4 is 5.91 Å². The number of ether oxygens (including phenoxy) is 3. The molecule has 1 N–H and O–H groups in total. The van der Waals surface area contributed by atoms with Gasteiger partial charge in [-0.2, -0.15) is 0 Å². The summed E-state index contributed by atoms with van der Waals surface area (Å²) in [7, 11) is 0. The van der Waals surface area contributed by atoms with Gasteiger partial charge in [0.15, 0.2) is 11.5 Å². The molecule has 2 aliphatic heterocycles. The second-order valence-electron chi connectivity index (χ2n) is 6.46. The van der Waals surface area contributed by atoms with Crippen LogP contribution in [0.4, 0.5) is 0 Å². The lowest BCUT2D eigenvalue weighted by Gasteiger charge is -2.33. The van der Waals surface area contributed by atoms with Gasteiger partial charge in [-0.05, 0) is 17.7 Å². The molecule has 1 fully saturated rings. The van der Waals surface area contributed by atoms with Gasteiger partial charge in [-0.25, -0.2) is 0 Å². The van der Waals surface area contributed by atoms with E-state index in [1.165, 1.54) is 5.56 Å². The van der Waals surface area contributed by atoms with E-state index < -0.39 is 0 Å². The van der Waals surface area contributed by atoms with Crippen molar-refractivity contribution in [2.45, 2.75) is 12.6 Å². The number of rotatable bonds is 5. The summed E-state index contributed by atoms with van der Waals surface area (Å²) in [5, 5.41) is 2.96. The maximum Gasteiger partial charge on any atom is 0.255 e. The molecule has 2 aliphatic rings. The van der Waals surface area contributed by atoms with Gasteiger partial charge in [0, 0.05) is 26.2 Å². The van der Waals surface area contributed by atoms with Crippen molar-refractivity contribution in [3.63, 3.8) is 0 Å². The molecule has 0 bridgehead atoms. The maximum atomic E-state index is 12.5. The Kier molecular flexibility index (Phi) is 5.04. The molecule has 6 nitrogen and oxygen atoms in total. The number of para-hydroxylation sites is 1. The third kappa shape index (κ3) is 3.81. The lowest BCUT2D eigenvalue weighted by Crippen LogP contribution is -2.47. The molecule has 2 aromatic rings. The monoisotopic (exact) mass is 354 g/mol. The zero-order chi connectivity index (χ0) is 17.8. The largest absolute Gasteiger partial charge is 0.454 e. The van der Waals surface area contributed by atoms with Crippen LogP contribution in [0.15, 0.2) is 48.5 Å². The van der Waals surface area contributed by atoms with Crippen LogP contribution in [-0.4, -0.2) is 49.9 Å². The van der Waals surface area contributed by atoms with Crippen molar-refractivity contribution in [1.82, 2.24) is 10.2 Å². The Morgan fingerprint density at radius 3 is 2.88 bits per heavy atom. The summed E-state index contributed by atoms with van der Waals surface area (Å²) >= 11 is 0. The smallest absolute Gasteiger partial charge is 0.255 e. The first kappa shape index (κ1) is 16.9. The molecule has 1 saturated heterocycles. The molecule has 0 aliphatic carbocycles. The maximum absolute atomic E-state index is 12.5. The van der Waals surface area contributed by atoms with Crippen LogP contribution >= 0.6 is 0 Å². The minimum atomic E-state index is -0.170. The number of fused-ring (bicyclic) bond motifs is 1. The quantitative estimate of drug-likeness (QED) is 0.891. The predicted octanol–water partition coefficient (Wildman–Crippen LogP) is 2.05. The van der Waals surface area contributed by atoms with Crippen LogP contribution in [0.3, 0.4) is 0 Å². The Balaban J connectivity index is 1.32. The Labute approximate surface area is 152 Å². The number of morpholine rings is 1. The van der Waals surface area contributed by atoms with E-state index in [1.54, 1.807) is 18.2 Å². The summed E-state index contributed by atoms with van der Waals surface area (Å²) in [6.45, 7) is 3.88. The molecule has 6 heteroatoms. The molecular weight excluding hydrogens is 332 g/mol. The molecular formula is C20H22N2O4. The van der Waals surface area contributed by atoms with Crippen molar-refractivity contribution in [2.24, 2.45) is 0 Å². The first-order valence-electron chi connectivity index (χ1n) is 8.84. The van der Waals surface area contributed by atoms with Crippen molar-refractivity contribution in [2.75, 3.05) is 33.0 Å². The van der Waals surface area contributed by atoms with E-state index in [1.807, 2.05) is 6.07 Å². The first-order chi connectivity index (χ1) is 12.8. The Hall–Kier alpha value is -2.57. The minimum Gasteiger partial charge on any atom is -0.454 e. The van der Waals surface area contributed by atoms with Gasteiger partial charge in [0.2, 0.25) is 6.79 Å². The lowest BCUT2D eigenvalue weighted by atomic mass is 10.1. The summed E-state index contributed by atoms with van der Waals surface area (Å²) in [5.74, 6) is 0.956. The van der Waals surface area contributed by atoms with E-state index in [2.05, 4.69) is 34.5 Å². The summed E-state index contributed by atoms with van der Waals surface area (Å²) in [6.07, 6.45) is -0.0228. The van der Waals surface area contributed by atoms with Crippen LogP contribution in [0.1, 0.15) is 15.9 Å². The van der Waals surface area contributed by atoms with Crippen LogP contribution in [-0.2, 0) is 11.3 Å². The lowest BCUT2D eigenvalue weighted by molar-refractivity contribution is -0.0292. The number of amides is 1. The zero-order valence-corrected chi connectivity index (χ0v) is 14.5. The van der Waals surface area contributed by atoms with Crippen LogP contribution < -0.4 is 14.8 Å². The van der Waals surface area contributed by atoms with Crippen molar-refractivity contribution in [1.29, 1.82) is 0 Å². The van der Waals surface area contributed by atoms with Crippen molar-refractivity contribution < 1.29 is 19.0 Å². The van der Waals surface area contributed by atoms with E-state index in [9.17, 15) is 4.79 Å². The molecule has 26 heavy (non-hydrogen) atoms. The molecule has 0 radical (unpaired) electrons.